The van der Waals surface area contributed by atoms with Crippen molar-refractivity contribution in [2.75, 3.05) is 6.54 Å². The lowest BCUT2D eigenvalue weighted by Gasteiger charge is -2.03. The molecular formula is C10H12BrNO. The first-order valence-electron chi connectivity index (χ1n) is 4.19. The SMILES string of the molecule is CCNC(=O)c1ccc(C)c(Br)c1. The van der Waals surface area contributed by atoms with Gasteiger partial charge in [-0.15, -0.1) is 0 Å². The number of carbonyl (C=O) groups excluding carboxylic acids is 1. The van der Waals surface area contributed by atoms with Crippen LogP contribution in [0.1, 0.15) is 22.8 Å². The van der Waals surface area contributed by atoms with Crippen LogP contribution in [0.15, 0.2) is 22.7 Å². The van der Waals surface area contributed by atoms with Crippen LogP contribution in [0.2, 0.25) is 0 Å². The van der Waals surface area contributed by atoms with Crippen molar-refractivity contribution in [2.24, 2.45) is 0 Å². The highest BCUT2D eigenvalue weighted by Crippen LogP contribution is 2.17. The zero-order chi connectivity index (χ0) is 9.84. The first-order valence-corrected chi connectivity index (χ1v) is 4.98. The van der Waals surface area contributed by atoms with E-state index < -0.39 is 0 Å². The van der Waals surface area contributed by atoms with Crippen LogP contribution in [0.3, 0.4) is 0 Å². The van der Waals surface area contributed by atoms with Gasteiger partial charge in [-0.3, -0.25) is 4.79 Å². The first kappa shape index (κ1) is 10.3. The molecule has 1 aromatic carbocycles. The summed E-state index contributed by atoms with van der Waals surface area (Å²) in [7, 11) is 0. The third-order valence-electron chi connectivity index (χ3n) is 1.77. The molecule has 0 bridgehead atoms. The number of rotatable bonds is 2. The molecule has 1 aromatic rings. The Bertz CT molecular complexity index is 323. The number of amides is 1. The number of aryl methyl sites for hydroxylation is 1. The second kappa shape index (κ2) is 4.42. The van der Waals surface area contributed by atoms with E-state index in [2.05, 4.69) is 21.2 Å². The third kappa shape index (κ3) is 2.56. The zero-order valence-electron chi connectivity index (χ0n) is 7.73. The molecule has 0 aliphatic heterocycles. The third-order valence-corrected chi connectivity index (χ3v) is 2.63. The summed E-state index contributed by atoms with van der Waals surface area (Å²) < 4.78 is 0.969. The van der Waals surface area contributed by atoms with E-state index >= 15 is 0 Å². The zero-order valence-corrected chi connectivity index (χ0v) is 9.31. The maximum atomic E-state index is 11.4. The first-order chi connectivity index (χ1) is 6.15. The summed E-state index contributed by atoms with van der Waals surface area (Å²) in [6, 6.07) is 5.58. The number of halogens is 1. The fourth-order valence-electron chi connectivity index (χ4n) is 0.997. The minimum Gasteiger partial charge on any atom is -0.352 e. The lowest BCUT2D eigenvalue weighted by molar-refractivity contribution is 0.0956. The number of hydrogen-bond donors (Lipinski definition) is 1. The van der Waals surface area contributed by atoms with Gasteiger partial charge in [-0.1, -0.05) is 22.0 Å². The molecule has 0 radical (unpaired) electrons. The van der Waals surface area contributed by atoms with E-state index in [-0.39, 0.29) is 5.91 Å². The standard InChI is InChI=1S/C10H12BrNO/c1-3-12-10(13)8-5-4-7(2)9(11)6-8/h4-6H,3H2,1-2H3,(H,12,13). The molecule has 0 atom stereocenters. The molecule has 1 rings (SSSR count). The Labute approximate surface area is 86.5 Å². The lowest BCUT2D eigenvalue weighted by Crippen LogP contribution is -2.22. The van der Waals surface area contributed by atoms with Crippen molar-refractivity contribution < 1.29 is 4.79 Å². The molecule has 0 spiro atoms. The molecule has 0 aliphatic rings. The minimum atomic E-state index is -0.0248. The van der Waals surface area contributed by atoms with Crippen LogP contribution in [0.4, 0.5) is 0 Å². The van der Waals surface area contributed by atoms with Gasteiger partial charge < -0.3 is 5.32 Å². The summed E-state index contributed by atoms with van der Waals surface area (Å²) in [5, 5.41) is 2.75. The predicted molar refractivity (Wildman–Crippen MR) is 56.9 cm³/mol. The van der Waals surface area contributed by atoms with Crippen LogP contribution in [0, 0.1) is 6.92 Å². The highest BCUT2D eigenvalue weighted by molar-refractivity contribution is 9.10. The Hall–Kier alpha value is -0.830. The van der Waals surface area contributed by atoms with E-state index in [0.29, 0.717) is 12.1 Å². The van der Waals surface area contributed by atoms with Gasteiger partial charge in [-0.25, -0.2) is 0 Å². The largest absolute Gasteiger partial charge is 0.352 e. The Balaban J connectivity index is 2.90. The van der Waals surface area contributed by atoms with E-state index in [0.717, 1.165) is 10.0 Å². The van der Waals surface area contributed by atoms with Crippen molar-refractivity contribution in [1.29, 1.82) is 0 Å². The average Bonchev–Trinajstić information content (AvgIpc) is 2.10. The molecule has 0 fully saturated rings. The second-order valence-corrected chi connectivity index (χ2v) is 3.68. The van der Waals surface area contributed by atoms with E-state index in [4.69, 9.17) is 0 Å². The Morgan fingerprint density at radius 1 is 1.54 bits per heavy atom. The van der Waals surface area contributed by atoms with Gasteiger partial charge in [0.05, 0.1) is 0 Å². The molecule has 70 valence electrons. The minimum absolute atomic E-state index is 0.0248. The fraction of sp³-hybridized carbons (Fsp3) is 0.300. The average molecular weight is 242 g/mol. The van der Waals surface area contributed by atoms with Gasteiger partial charge in [-0.2, -0.15) is 0 Å². The van der Waals surface area contributed by atoms with Crippen LogP contribution >= 0.6 is 15.9 Å². The van der Waals surface area contributed by atoms with E-state index in [1.165, 1.54) is 0 Å². The van der Waals surface area contributed by atoms with Crippen LogP contribution in [0.25, 0.3) is 0 Å². The summed E-state index contributed by atoms with van der Waals surface area (Å²) in [4.78, 5) is 11.4. The van der Waals surface area contributed by atoms with E-state index in [1.54, 1.807) is 0 Å². The van der Waals surface area contributed by atoms with Crippen molar-refractivity contribution >= 4 is 21.8 Å². The van der Waals surface area contributed by atoms with Gasteiger partial charge >= 0.3 is 0 Å². The van der Waals surface area contributed by atoms with Gasteiger partial charge in [0.1, 0.15) is 0 Å². The number of nitrogens with one attached hydrogen (secondary N) is 1. The molecule has 0 aliphatic carbocycles. The molecule has 3 heteroatoms. The molecule has 0 unspecified atom stereocenters. The molecule has 13 heavy (non-hydrogen) atoms. The topological polar surface area (TPSA) is 29.1 Å². The summed E-state index contributed by atoms with van der Waals surface area (Å²) in [6.07, 6.45) is 0. The van der Waals surface area contributed by atoms with Gasteiger partial charge in [0.2, 0.25) is 0 Å². The maximum absolute atomic E-state index is 11.4. The van der Waals surface area contributed by atoms with Gasteiger partial charge in [-0.05, 0) is 31.5 Å². The molecular weight excluding hydrogens is 230 g/mol. The molecule has 2 nitrogen and oxygen atoms in total. The number of benzene rings is 1. The van der Waals surface area contributed by atoms with Crippen molar-refractivity contribution in [3.8, 4) is 0 Å². The second-order valence-electron chi connectivity index (χ2n) is 2.82. The number of hydrogen-bond acceptors (Lipinski definition) is 1. The molecule has 0 heterocycles. The van der Waals surface area contributed by atoms with Crippen molar-refractivity contribution in [3.63, 3.8) is 0 Å². The van der Waals surface area contributed by atoms with Crippen LogP contribution in [0.5, 0.6) is 0 Å². The maximum Gasteiger partial charge on any atom is 0.251 e. The molecule has 1 amide bonds. The summed E-state index contributed by atoms with van der Waals surface area (Å²) >= 11 is 3.39. The molecule has 0 saturated heterocycles. The van der Waals surface area contributed by atoms with Gasteiger partial charge in [0.15, 0.2) is 0 Å². The quantitative estimate of drug-likeness (QED) is 0.848. The summed E-state index contributed by atoms with van der Waals surface area (Å²) in [5.74, 6) is -0.0248. The Morgan fingerprint density at radius 2 is 2.23 bits per heavy atom. The van der Waals surface area contributed by atoms with E-state index in [1.807, 2.05) is 32.0 Å². The summed E-state index contributed by atoms with van der Waals surface area (Å²) in [5.41, 5.74) is 1.83. The van der Waals surface area contributed by atoms with Crippen LogP contribution in [-0.4, -0.2) is 12.5 Å². The van der Waals surface area contributed by atoms with Crippen LogP contribution in [-0.2, 0) is 0 Å². The van der Waals surface area contributed by atoms with E-state index in [9.17, 15) is 4.79 Å². The highest BCUT2D eigenvalue weighted by Gasteiger charge is 2.04. The molecule has 1 N–H and O–H groups in total. The fourth-order valence-corrected chi connectivity index (χ4v) is 1.38. The Kier molecular flexibility index (Phi) is 3.48. The molecule has 0 aromatic heterocycles. The lowest BCUT2D eigenvalue weighted by atomic mass is 10.1. The summed E-state index contributed by atoms with van der Waals surface area (Å²) in [6.45, 7) is 4.55. The predicted octanol–water partition coefficient (Wildman–Crippen LogP) is 2.51. The van der Waals surface area contributed by atoms with Gasteiger partial charge in [0, 0.05) is 16.6 Å². The normalized spacial score (nSPS) is 9.77. The van der Waals surface area contributed by atoms with Crippen LogP contribution < -0.4 is 5.32 Å². The number of carbonyl (C=O) groups is 1. The monoisotopic (exact) mass is 241 g/mol. The van der Waals surface area contributed by atoms with Crippen molar-refractivity contribution in [2.45, 2.75) is 13.8 Å². The van der Waals surface area contributed by atoms with Crippen molar-refractivity contribution in [1.82, 2.24) is 5.32 Å². The molecule has 0 saturated carbocycles. The van der Waals surface area contributed by atoms with Crippen molar-refractivity contribution in [3.05, 3.63) is 33.8 Å². The van der Waals surface area contributed by atoms with Gasteiger partial charge in [0.25, 0.3) is 5.91 Å². The highest BCUT2D eigenvalue weighted by atomic mass is 79.9. The smallest absolute Gasteiger partial charge is 0.251 e. The Morgan fingerprint density at radius 3 is 2.77 bits per heavy atom.